The predicted molar refractivity (Wildman–Crippen MR) is 125 cm³/mol. The smallest absolute Gasteiger partial charge is 0.262 e. The van der Waals surface area contributed by atoms with Crippen molar-refractivity contribution >= 4 is 50.8 Å². The number of thiophene rings is 1. The van der Waals surface area contributed by atoms with Gasteiger partial charge >= 0.3 is 0 Å². The Kier molecular flexibility index (Phi) is 6.43. The van der Waals surface area contributed by atoms with E-state index in [0.717, 1.165) is 42.5 Å². The molecule has 2 amide bonds. The molecule has 1 aromatic carbocycles. The molecule has 7 nitrogen and oxygen atoms in total. The molecule has 0 saturated heterocycles. The van der Waals surface area contributed by atoms with E-state index in [0.29, 0.717) is 33.2 Å². The second-order valence-corrected chi connectivity index (χ2v) is 9.53. The Morgan fingerprint density at radius 1 is 1.26 bits per heavy atom. The number of rotatable bonds is 7. The normalized spacial score (nSPS) is 13.2. The lowest BCUT2D eigenvalue weighted by Gasteiger charge is -2.12. The number of hydrogen-bond acceptors (Lipinski definition) is 6. The number of para-hydroxylation sites is 1. The number of carbonyl (C=O) groups excluding carboxylic acids is 2. The van der Waals surface area contributed by atoms with Crippen LogP contribution in [0.5, 0.6) is 0 Å². The number of aromatic nitrogens is 2. The summed E-state index contributed by atoms with van der Waals surface area (Å²) in [6.45, 7) is 2.52. The number of amides is 2. The first-order valence-corrected chi connectivity index (χ1v) is 12.2. The van der Waals surface area contributed by atoms with Crippen molar-refractivity contribution in [3.05, 3.63) is 50.6 Å². The molecule has 2 aromatic heterocycles. The molecule has 0 aliphatic heterocycles. The summed E-state index contributed by atoms with van der Waals surface area (Å²) in [7, 11) is 0. The highest BCUT2D eigenvalue weighted by Crippen LogP contribution is 2.38. The van der Waals surface area contributed by atoms with Gasteiger partial charge < -0.3 is 11.1 Å². The zero-order chi connectivity index (χ0) is 22.0. The average molecular weight is 457 g/mol. The third-order valence-electron chi connectivity index (χ3n) is 5.28. The Labute approximate surface area is 188 Å². The van der Waals surface area contributed by atoms with Gasteiger partial charge in [0.25, 0.3) is 11.5 Å². The maximum atomic E-state index is 12.9. The highest BCUT2D eigenvalue weighted by molar-refractivity contribution is 7.99. The van der Waals surface area contributed by atoms with Gasteiger partial charge in [0.1, 0.15) is 5.00 Å². The zero-order valence-electron chi connectivity index (χ0n) is 17.3. The number of nitrogens with one attached hydrogen (secondary N) is 1. The van der Waals surface area contributed by atoms with Gasteiger partial charge in [0, 0.05) is 11.4 Å². The molecule has 0 bridgehead atoms. The van der Waals surface area contributed by atoms with Gasteiger partial charge in [-0.15, -0.1) is 11.3 Å². The number of anilines is 1. The Morgan fingerprint density at radius 3 is 2.81 bits per heavy atom. The molecule has 9 heteroatoms. The highest BCUT2D eigenvalue weighted by Gasteiger charge is 2.25. The summed E-state index contributed by atoms with van der Waals surface area (Å²) in [5, 5.41) is 4.48. The summed E-state index contributed by atoms with van der Waals surface area (Å²) in [4.78, 5) is 43.3. The minimum absolute atomic E-state index is 0.0786. The maximum absolute atomic E-state index is 12.9. The van der Waals surface area contributed by atoms with Crippen LogP contribution in [-0.4, -0.2) is 27.1 Å². The molecule has 1 aliphatic carbocycles. The van der Waals surface area contributed by atoms with Crippen LogP contribution >= 0.6 is 23.1 Å². The van der Waals surface area contributed by atoms with Gasteiger partial charge in [0.15, 0.2) is 5.16 Å². The molecule has 4 rings (SSSR count). The second-order valence-electron chi connectivity index (χ2n) is 7.48. The largest absolute Gasteiger partial charge is 0.365 e. The minimum atomic E-state index is -0.504. The summed E-state index contributed by atoms with van der Waals surface area (Å²) in [5.74, 6) is -0.679. The fourth-order valence-electron chi connectivity index (χ4n) is 3.89. The lowest BCUT2D eigenvalue weighted by Crippen LogP contribution is -2.24. The highest BCUT2D eigenvalue weighted by atomic mass is 32.2. The van der Waals surface area contributed by atoms with Crippen LogP contribution in [0.1, 0.15) is 47.0 Å². The van der Waals surface area contributed by atoms with Gasteiger partial charge in [-0.2, -0.15) is 0 Å². The summed E-state index contributed by atoms with van der Waals surface area (Å²) in [6, 6.07) is 7.22. The van der Waals surface area contributed by atoms with E-state index in [1.54, 1.807) is 16.7 Å². The Hall–Kier alpha value is -2.65. The molecule has 0 unspecified atom stereocenters. The molecule has 0 spiro atoms. The van der Waals surface area contributed by atoms with Gasteiger partial charge in [-0.25, -0.2) is 4.98 Å². The molecule has 162 valence electrons. The summed E-state index contributed by atoms with van der Waals surface area (Å²) in [6.07, 6.45) is 4.62. The maximum Gasteiger partial charge on any atom is 0.262 e. The van der Waals surface area contributed by atoms with Crippen LogP contribution < -0.4 is 16.6 Å². The van der Waals surface area contributed by atoms with Crippen molar-refractivity contribution in [2.24, 2.45) is 5.73 Å². The zero-order valence-corrected chi connectivity index (χ0v) is 18.9. The van der Waals surface area contributed by atoms with E-state index in [1.807, 2.05) is 19.1 Å². The quantitative estimate of drug-likeness (QED) is 0.417. The number of hydrogen-bond donors (Lipinski definition) is 2. The van der Waals surface area contributed by atoms with E-state index in [2.05, 4.69) is 10.3 Å². The molecule has 0 fully saturated rings. The predicted octanol–water partition coefficient (Wildman–Crippen LogP) is 3.58. The minimum Gasteiger partial charge on any atom is -0.365 e. The molecule has 2 heterocycles. The fraction of sp³-hybridized carbons (Fsp3) is 0.364. The number of nitrogens with two attached hydrogens (primary N) is 1. The third-order valence-corrected chi connectivity index (χ3v) is 7.46. The average Bonchev–Trinajstić information content (AvgIpc) is 3.12. The fourth-order valence-corrected chi connectivity index (χ4v) is 6.02. The van der Waals surface area contributed by atoms with Crippen molar-refractivity contribution in [2.45, 2.75) is 50.7 Å². The van der Waals surface area contributed by atoms with E-state index >= 15 is 0 Å². The third kappa shape index (κ3) is 4.38. The number of benzene rings is 1. The standard InChI is InChI=1S/C22H24N4O3S2/c1-2-11-26-21(29)13-7-3-5-9-15(13)24-22(26)30-12-17(27)25-20-18(19(23)28)14-8-4-6-10-16(14)31-20/h3,5,7,9H,2,4,6,8,10-12H2,1H3,(H2,23,28)(H,25,27). The molecule has 3 N–H and O–H groups in total. The molecule has 3 aromatic rings. The van der Waals surface area contributed by atoms with Crippen molar-refractivity contribution < 1.29 is 9.59 Å². The van der Waals surface area contributed by atoms with Crippen LogP contribution in [0, 0.1) is 0 Å². The van der Waals surface area contributed by atoms with Crippen molar-refractivity contribution in [3.8, 4) is 0 Å². The van der Waals surface area contributed by atoms with Crippen LogP contribution in [0.3, 0.4) is 0 Å². The van der Waals surface area contributed by atoms with Crippen molar-refractivity contribution in [1.29, 1.82) is 0 Å². The Balaban J connectivity index is 1.55. The SMILES string of the molecule is CCCn1c(SCC(=O)Nc2sc3c(c2C(N)=O)CCCC3)nc2ccccc2c1=O. The van der Waals surface area contributed by atoms with Crippen molar-refractivity contribution in [3.63, 3.8) is 0 Å². The molecule has 0 saturated carbocycles. The number of nitrogens with zero attached hydrogens (tertiary/aromatic N) is 2. The lowest BCUT2D eigenvalue weighted by atomic mass is 9.95. The second kappa shape index (κ2) is 9.23. The first-order valence-electron chi connectivity index (χ1n) is 10.4. The number of fused-ring (bicyclic) bond motifs is 2. The summed E-state index contributed by atoms with van der Waals surface area (Å²) in [5.41, 5.74) is 7.56. The topological polar surface area (TPSA) is 107 Å². The van der Waals surface area contributed by atoms with Crippen LogP contribution in [0.4, 0.5) is 5.00 Å². The van der Waals surface area contributed by atoms with Gasteiger partial charge in [-0.3, -0.25) is 19.0 Å². The molecule has 1 aliphatic rings. The van der Waals surface area contributed by atoms with E-state index in [9.17, 15) is 14.4 Å². The molecule has 0 atom stereocenters. The van der Waals surface area contributed by atoms with E-state index < -0.39 is 5.91 Å². The monoisotopic (exact) mass is 456 g/mol. The Morgan fingerprint density at radius 2 is 2.03 bits per heavy atom. The van der Waals surface area contributed by atoms with Gasteiger partial charge in [-0.1, -0.05) is 30.8 Å². The molecule has 0 radical (unpaired) electrons. The molecule has 31 heavy (non-hydrogen) atoms. The first kappa shape index (κ1) is 21.6. The van der Waals surface area contributed by atoms with Crippen molar-refractivity contribution in [1.82, 2.24) is 9.55 Å². The number of thioether (sulfide) groups is 1. The molecular formula is C22H24N4O3S2. The van der Waals surface area contributed by atoms with Gasteiger partial charge in [0.05, 0.1) is 22.2 Å². The first-order chi connectivity index (χ1) is 15.0. The lowest BCUT2D eigenvalue weighted by molar-refractivity contribution is -0.113. The number of carbonyl (C=O) groups is 2. The van der Waals surface area contributed by atoms with E-state index in [4.69, 9.17) is 5.73 Å². The summed E-state index contributed by atoms with van der Waals surface area (Å²) < 4.78 is 1.62. The summed E-state index contributed by atoms with van der Waals surface area (Å²) >= 11 is 2.66. The van der Waals surface area contributed by atoms with Crippen LogP contribution in [0.15, 0.2) is 34.2 Å². The number of aryl methyl sites for hydroxylation is 1. The molecular weight excluding hydrogens is 432 g/mol. The van der Waals surface area contributed by atoms with Gasteiger partial charge in [0.2, 0.25) is 5.91 Å². The van der Waals surface area contributed by atoms with Crippen LogP contribution in [-0.2, 0) is 24.2 Å². The Bertz CT molecular complexity index is 1220. The number of primary amides is 1. The van der Waals surface area contributed by atoms with E-state index in [-0.39, 0.29) is 17.2 Å². The van der Waals surface area contributed by atoms with Crippen LogP contribution in [0.2, 0.25) is 0 Å². The van der Waals surface area contributed by atoms with E-state index in [1.165, 1.54) is 23.1 Å². The van der Waals surface area contributed by atoms with Crippen LogP contribution in [0.25, 0.3) is 10.9 Å². The van der Waals surface area contributed by atoms with Crippen molar-refractivity contribution in [2.75, 3.05) is 11.1 Å². The van der Waals surface area contributed by atoms with Gasteiger partial charge in [-0.05, 0) is 49.8 Å².